The van der Waals surface area contributed by atoms with Gasteiger partial charge in [-0.2, -0.15) is 0 Å². The Hall–Kier alpha value is -1.71. The molecule has 1 fully saturated rings. The van der Waals surface area contributed by atoms with Gasteiger partial charge in [-0.15, -0.1) is 5.92 Å². The number of nitrogens with zero attached hydrogens (tertiary/aromatic N) is 1. The molecule has 4 heteroatoms. The van der Waals surface area contributed by atoms with Crippen LogP contribution >= 0.6 is 0 Å². The molecule has 0 aliphatic carbocycles. The smallest absolute Gasteiger partial charge is 0.257 e. The van der Waals surface area contributed by atoms with Crippen LogP contribution in [0.3, 0.4) is 0 Å². The zero-order chi connectivity index (χ0) is 30.1. The van der Waals surface area contributed by atoms with E-state index in [0.29, 0.717) is 16.6 Å². The first kappa shape index (κ1) is 34.5. The summed E-state index contributed by atoms with van der Waals surface area (Å²) >= 11 is 0. The molecule has 2 nitrogen and oxygen atoms in total. The van der Waals surface area contributed by atoms with E-state index in [1.54, 1.807) is 0 Å². The molecule has 0 N–H and O–H groups in total. The molecule has 2 rings (SSSR count). The van der Waals surface area contributed by atoms with Gasteiger partial charge in [-0.05, 0) is 51.7 Å². The number of hydrogen-bond donors (Lipinski definition) is 0. The fourth-order valence-electron chi connectivity index (χ4n) is 7.87. The summed E-state index contributed by atoms with van der Waals surface area (Å²) in [5, 5.41) is 0. The van der Waals surface area contributed by atoms with E-state index in [0.717, 1.165) is 42.2 Å². The topological polar surface area (TPSA) is 12.5 Å². The molecule has 1 heterocycles. The Morgan fingerprint density at radius 3 is 1.73 bits per heavy atom. The van der Waals surface area contributed by atoms with Crippen LogP contribution in [0.2, 0.25) is 39.3 Å². The minimum Gasteiger partial charge on any atom is -0.548 e. The van der Waals surface area contributed by atoms with Crippen molar-refractivity contribution in [3.8, 4) is 11.8 Å². The number of rotatable bonds is 13. The molecular formula is C36H61NOSi2. The minimum atomic E-state index is -2.05. The second-order valence-electron chi connectivity index (χ2n) is 14.0. The zero-order valence-electron chi connectivity index (χ0n) is 28.1. The van der Waals surface area contributed by atoms with E-state index in [4.69, 9.17) is 4.43 Å². The number of allylic oxidation sites excluding steroid dienone is 2. The number of likely N-dealkylation sites (tertiary alicyclic amines) is 1. The van der Waals surface area contributed by atoms with Gasteiger partial charge in [0.1, 0.15) is 0 Å². The lowest BCUT2D eigenvalue weighted by atomic mass is 10.0. The summed E-state index contributed by atoms with van der Waals surface area (Å²) in [5.41, 5.74) is 7.70. The van der Waals surface area contributed by atoms with E-state index < -0.39 is 16.4 Å². The maximum absolute atomic E-state index is 7.11. The van der Waals surface area contributed by atoms with Crippen molar-refractivity contribution >= 4 is 16.4 Å². The SMILES string of the molecule is CC(C)[Si](CC#C/C=C(/C(=C/O[Si](C(C)C)(C(C)C)C(C)C)Cc1ccccc1)N1CCCC1)(C(C)C)C(C)C. The zero-order valence-corrected chi connectivity index (χ0v) is 30.1. The van der Waals surface area contributed by atoms with E-state index in [1.807, 2.05) is 0 Å². The molecule has 0 amide bonds. The van der Waals surface area contributed by atoms with Crippen molar-refractivity contribution in [2.45, 2.75) is 142 Å². The van der Waals surface area contributed by atoms with Crippen LogP contribution in [-0.4, -0.2) is 34.4 Å². The van der Waals surface area contributed by atoms with E-state index in [2.05, 4.69) is 142 Å². The first-order valence-corrected chi connectivity index (χ1v) is 20.7. The van der Waals surface area contributed by atoms with Gasteiger partial charge in [-0.3, -0.25) is 0 Å². The third-order valence-corrected chi connectivity index (χ3v) is 23.2. The highest BCUT2D eigenvalue weighted by Crippen LogP contribution is 2.44. The van der Waals surface area contributed by atoms with Crippen molar-refractivity contribution < 1.29 is 4.43 Å². The quantitative estimate of drug-likeness (QED) is 0.0997. The molecule has 1 aromatic carbocycles. The summed E-state index contributed by atoms with van der Waals surface area (Å²) < 4.78 is 7.11. The summed E-state index contributed by atoms with van der Waals surface area (Å²) in [7, 11) is -3.59. The van der Waals surface area contributed by atoms with Crippen LogP contribution in [0.1, 0.15) is 101 Å². The second kappa shape index (κ2) is 15.5. The Morgan fingerprint density at radius 2 is 1.27 bits per heavy atom. The summed E-state index contributed by atoms with van der Waals surface area (Å²) in [6, 6.07) is 12.0. The van der Waals surface area contributed by atoms with Crippen LogP contribution in [0.4, 0.5) is 0 Å². The summed E-state index contributed by atoms with van der Waals surface area (Å²) in [6.07, 6.45) is 7.79. The van der Waals surface area contributed by atoms with E-state index in [-0.39, 0.29) is 0 Å². The average molecular weight is 580 g/mol. The molecule has 0 radical (unpaired) electrons. The molecule has 0 saturated carbocycles. The predicted molar refractivity (Wildman–Crippen MR) is 183 cm³/mol. The Labute approximate surface area is 251 Å². The molecule has 0 bridgehead atoms. The first-order chi connectivity index (χ1) is 18.8. The van der Waals surface area contributed by atoms with Crippen molar-refractivity contribution in [1.29, 1.82) is 0 Å². The predicted octanol–water partition coefficient (Wildman–Crippen LogP) is 11.0. The van der Waals surface area contributed by atoms with Gasteiger partial charge in [-0.1, -0.05) is 119 Å². The average Bonchev–Trinajstić information content (AvgIpc) is 3.40. The fraction of sp³-hybridized carbons (Fsp3) is 0.667. The molecule has 1 saturated heterocycles. The van der Waals surface area contributed by atoms with Gasteiger partial charge < -0.3 is 9.33 Å². The molecule has 0 atom stereocenters. The van der Waals surface area contributed by atoms with Crippen LogP contribution in [0.5, 0.6) is 0 Å². The number of benzene rings is 1. The molecule has 0 aromatic heterocycles. The Bertz CT molecular complexity index is 974. The monoisotopic (exact) mass is 579 g/mol. The molecule has 40 heavy (non-hydrogen) atoms. The maximum Gasteiger partial charge on any atom is 0.257 e. The van der Waals surface area contributed by atoms with Crippen LogP contribution < -0.4 is 0 Å². The van der Waals surface area contributed by atoms with Crippen molar-refractivity contribution in [3.05, 3.63) is 59.5 Å². The Kier molecular flexibility index (Phi) is 13.4. The van der Waals surface area contributed by atoms with Gasteiger partial charge >= 0.3 is 0 Å². The lowest BCUT2D eigenvalue weighted by molar-refractivity contribution is 0.397. The molecule has 0 unspecified atom stereocenters. The Balaban J connectivity index is 2.61. The second-order valence-corrected chi connectivity index (χ2v) is 25.5. The summed E-state index contributed by atoms with van der Waals surface area (Å²) in [5.74, 6) is 7.33. The summed E-state index contributed by atoms with van der Waals surface area (Å²) in [4.78, 5) is 2.56. The van der Waals surface area contributed by atoms with Gasteiger partial charge in [0.2, 0.25) is 0 Å². The van der Waals surface area contributed by atoms with Gasteiger partial charge in [0.15, 0.2) is 0 Å². The van der Waals surface area contributed by atoms with Crippen LogP contribution in [0.25, 0.3) is 0 Å². The lowest BCUT2D eigenvalue weighted by Crippen LogP contribution is -2.46. The molecule has 1 aliphatic rings. The number of hydrogen-bond acceptors (Lipinski definition) is 2. The Morgan fingerprint density at radius 1 is 0.775 bits per heavy atom. The van der Waals surface area contributed by atoms with Crippen molar-refractivity contribution in [2.75, 3.05) is 13.1 Å². The fourth-order valence-corrected chi connectivity index (χ4v) is 18.7. The van der Waals surface area contributed by atoms with Gasteiger partial charge in [0.25, 0.3) is 8.32 Å². The third kappa shape index (κ3) is 7.97. The largest absolute Gasteiger partial charge is 0.548 e. The van der Waals surface area contributed by atoms with Crippen LogP contribution in [-0.2, 0) is 10.8 Å². The van der Waals surface area contributed by atoms with Crippen molar-refractivity contribution in [3.63, 3.8) is 0 Å². The van der Waals surface area contributed by atoms with Gasteiger partial charge in [0, 0.05) is 37.2 Å². The van der Waals surface area contributed by atoms with Crippen molar-refractivity contribution in [2.24, 2.45) is 0 Å². The van der Waals surface area contributed by atoms with Crippen LogP contribution in [0.15, 0.2) is 53.9 Å². The minimum absolute atomic E-state index is 0.543. The molecule has 1 aromatic rings. The normalized spacial score (nSPS) is 15.7. The third-order valence-electron chi connectivity index (χ3n) is 10.1. The van der Waals surface area contributed by atoms with E-state index in [9.17, 15) is 0 Å². The molecule has 1 aliphatic heterocycles. The van der Waals surface area contributed by atoms with Gasteiger partial charge in [0.05, 0.1) is 20.0 Å². The molecular weight excluding hydrogens is 519 g/mol. The van der Waals surface area contributed by atoms with Gasteiger partial charge in [-0.25, -0.2) is 0 Å². The summed E-state index contributed by atoms with van der Waals surface area (Å²) in [6.45, 7) is 31.0. The first-order valence-electron chi connectivity index (χ1n) is 16.1. The highest BCUT2D eigenvalue weighted by atomic mass is 28.4. The lowest BCUT2D eigenvalue weighted by Gasteiger charge is -2.42. The molecule has 0 spiro atoms. The van der Waals surface area contributed by atoms with Crippen molar-refractivity contribution in [1.82, 2.24) is 4.90 Å². The maximum atomic E-state index is 7.11. The van der Waals surface area contributed by atoms with E-state index in [1.165, 1.54) is 29.7 Å². The highest BCUT2D eigenvalue weighted by molar-refractivity contribution is 6.84. The molecule has 224 valence electrons. The highest BCUT2D eigenvalue weighted by Gasteiger charge is 2.46. The standard InChI is InChI=1S/C36H61NOSi2/c1-28(2)39(29(3)4,30(5)6)25-19-16-22-36(37-23-17-18-24-37)35(26-34-20-14-13-15-21-34)27-38-40(31(7)8,32(9)10)33(11)12/h13-15,20-22,27-33H,17-18,23-26H2,1-12H3/b35-27+,36-22-. The van der Waals surface area contributed by atoms with E-state index >= 15 is 0 Å². The van der Waals surface area contributed by atoms with Crippen LogP contribution in [0, 0.1) is 11.8 Å².